The Morgan fingerprint density at radius 3 is 1.37 bits per heavy atom. The SMILES string of the molecule is CCCC(CCC)(c1ccc(O)c(C(C)C)c1)c1ccc(O)c(C(C)C)c1. The molecule has 0 amide bonds. The number of aromatic hydroxyl groups is 2. The largest absolute Gasteiger partial charge is 0.508 e. The molecule has 2 aromatic rings. The summed E-state index contributed by atoms with van der Waals surface area (Å²) in [5.74, 6) is 1.31. The number of benzene rings is 2. The molecule has 0 aliphatic heterocycles. The fourth-order valence-corrected chi connectivity index (χ4v) is 4.35. The molecule has 0 bridgehead atoms. The van der Waals surface area contributed by atoms with Gasteiger partial charge in [0.25, 0.3) is 0 Å². The van der Waals surface area contributed by atoms with Crippen molar-refractivity contribution in [2.45, 2.75) is 84.5 Å². The predicted octanol–water partition coefficient (Wildman–Crippen LogP) is 7.23. The molecule has 148 valence electrons. The fraction of sp³-hybridized carbons (Fsp3) is 0.520. The summed E-state index contributed by atoms with van der Waals surface area (Å²) in [4.78, 5) is 0. The summed E-state index contributed by atoms with van der Waals surface area (Å²) in [5, 5.41) is 20.6. The molecule has 2 rings (SSSR count). The van der Waals surface area contributed by atoms with Crippen LogP contribution < -0.4 is 0 Å². The summed E-state index contributed by atoms with van der Waals surface area (Å²) >= 11 is 0. The highest BCUT2D eigenvalue weighted by Crippen LogP contribution is 2.44. The van der Waals surface area contributed by atoms with Crippen molar-refractivity contribution in [1.82, 2.24) is 0 Å². The van der Waals surface area contributed by atoms with Crippen LogP contribution in [0.5, 0.6) is 11.5 Å². The van der Waals surface area contributed by atoms with E-state index in [2.05, 4.69) is 65.8 Å². The second-order valence-corrected chi connectivity index (χ2v) is 8.44. The van der Waals surface area contributed by atoms with Gasteiger partial charge < -0.3 is 10.2 Å². The van der Waals surface area contributed by atoms with Crippen LogP contribution in [0.1, 0.15) is 101 Å². The van der Waals surface area contributed by atoms with E-state index in [0.29, 0.717) is 11.5 Å². The Morgan fingerprint density at radius 1 is 0.704 bits per heavy atom. The van der Waals surface area contributed by atoms with E-state index in [1.165, 1.54) is 11.1 Å². The molecule has 27 heavy (non-hydrogen) atoms. The average molecular weight is 369 g/mol. The minimum atomic E-state index is -0.0990. The van der Waals surface area contributed by atoms with Crippen molar-refractivity contribution in [3.8, 4) is 11.5 Å². The van der Waals surface area contributed by atoms with E-state index in [1.54, 1.807) is 0 Å². The number of hydrogen-bond acceptors (Lipinski definition) is 2. The van der Waals surface area contributed by atoms with Crippen LogP contribution in [0.25, 0.3) is 0 Å². The Balaban J connectivity index is 2.74. The molecule has 2 heteroatoms. The van der Waals surface area contributed by atoms with Crippen molar-refractivity contribution in [2.75, 3.05) is 0 Å². The number of hydrogen-bond donors (Lipinski definition) is 2. The molecule has 0 radical (unpaired) electrons. The van der Waals surface area contributed by atoms with Crippen LogP contribution in [-0.4, -0.2) is 10.2 Å². The Morgan fingerprint density at radius 2 is 1.07 bits per heavy atom. The molecule has 0 aromatic heterocycles. The number of phenols is 2. The lowest BCUT2D eigenvalue weighted by molar-refractivity contribution is 0.419. The standard InChI is InChI=1S/C25H36O2/c1-7-13-25(14-8-2,19-9-11-23(26)21(15-19)17(3)4)20-10-12-24(27)22(16-20)18(5)6/h9-12,15-18,26-27H,7-8,13-14H2,1-6H3. The molecular weight excluding hydrogens is 332 g/mol. The average Bonchev–Trinajstić information content (AvgIpc) is 2.61. The van der Waals surface area contributed by atoms with Gasteiger partial charge in [-0.15, -0.1) is 0 Å². The maximum Gasteiger partial charge on any atom is 0.119 e. The molecule has 0 spiro atoms. The Kier molecular flexibility index (Phi) is 6.97. The molecule has 2 aromatic carbocycles. The molecule has 0 heterocycles. The van der Waals surface area contributed by atoms with Crippen LogP contribution >= 0.6 is 0 Å². The van der Waals surface area contributed by atoms with Crippen molar-refractivity contribution >= 4 is 0 Å². The van der Waals surface area contributed by atoms with Gasteiger partial charge in [-0.25, -0.2) is 0 Å². The third-order valence-corrected chi connectivity index (χ3v) is 5.76. The first-order chi connectivity index (χ1) is 12.8. The van der Waals surface area contributed by atoms with Gasteiger partial charge in [-0.1, -0.05) is 78.6 Å². The van der Waals surface area contributed by atoms with Gasteiger partial charge in [-0.05, 0) is 59.1 Å². The Hall–Kier alpha value is -1.96. The van der Waals surface area contributed by atoms with Crippen molar-refractivity contribution in [3.63, 3.8) is 0 Å². The monoisotopic (exact) mass is 368 g/mol. The highest BCUT2D eigenvalue weighted by Gasteiger charge is 2.34. The van der Waals surface area contributed by atoms with Gasteiger partial charge in [0.2, 0.25) is 0 Å². The van der Waals surface area contributed by atoms with Gasteiger partial charge in [0, 0.05) is 5.41 Å². The van der Waals surface area contributed by atoms with Crippen LogP contribution in [-0.2, 0) is 5.41 Å². The summed E-state index contributed by atoms with van der Waals surface area (Å²) in [6, 6.07) is 12.3. The Labute approximate surface area is 165 Å². The summed E-state index contributed by atoms with van der Waals surface area (Å²) in [7, 11) is 0. The fourth-order valence-electron chi connectivity index (χ4n) is 4.35. The van der Waals surface area contributed by atoms with Gasteiger partial charge >= 0.3 is 0 Å². The van der Waals surface area contributed by atoms with Crippen molar-refractivity contribution in [3.05, 3.63) is 58.7 Å². The minimum absolute atomic E-state index is 0.0990. The second-order valence-electron chi connectivity index (χ2n) is 8.44. The van der Waals surface area contributed by atoms with Crippen molar-refractivity contribution in [1.29, 1.82) is 0 Å². The molecule has 0 aliphatic rings. The molecular formula is C25H36O2. The first kappa shape index (κ1) is 21.3. The molecule has 2 nitrogen and oxygen atoms in total. The van der Waals surface area contributed by atoms with Gasteiger partial charge in [0.1, 0.15) is 11.5 Å². The first-order valence-electron chi connectivity index (χ1n) is 10.4. The number of phenolic OH excluding ortho intramolecular Hbond substituents is 2. The zero-order valence-corrected chi connectivity index (χ0v) is 17.8. The first-order valence-corrected chi connectivity index (χ1v) is 10.4. The minimum Gasteiger partial charge on any atom is -0.508 e. The molecule has 0 saturated heterocycles. The lowest BCUT2D eigenvalue weighted by Gasteiger charge is -2.36. The predicted molar refractivity (Wildman–Crippen MR) is 115 cm³/mol. The summed E-state index contributed by atoms with van der Waals surface area (Å²) in [6.45, 7) is 13.0. The van der Waals surface area contributed by atoms with Gasteiger partial charge in [0.15, 0.2) is 0 Å². The van der Waals surface area contributed by atoms with Crippen LogP contribution in [0.2, 0.25) is 0 Å². The highest BCUT2D eigenvalue weighted by molar-refractivity contribution is 5.49. The summed E-state index contributed by atoms with van der Waals surface area (Å²) in [6.07, 6.45) is 4.25. The van der Waals surface area contributed by atoms with Crippen LogP contribution in [0.15, 0.2) is 36.4 Å². The highest BCUT2D eigenvalue weighted by atomic mass is 16.3. The molecule has 0 saturated carbocycles. The third-order valence-electron chi connectivity index (χ3n) is 5.76. The van der Waals surface area contributed by atoms with E-state index in [9.17, 15) is 10.2 Å². The van der Waals surface area contributed by atoms with E-state index >= 15 is 0 Å². The van der Waals surface area contributed by atoms with Gasteiger partial charge in [-0.2, -0.15) is 0 Å². The smallest absolute Gasteiger partial charge is 0.119 e. The van der Waals surface area contributed by atoms with E-state index in [0.717, 1.165) is 36.8 Å². The van der Waals surface area contributed by atoms with E-state index in [4.69, 9.17) is 0 Å². The second kappa shape index (κ2) is 8.82. The van der Waals surface area contributed by atoms with Gasteiger partial charge in [-0.3, -0.25) is 0 Å². The van der Waals surface area contributed by atoms with E-state index in [1.807, 2.05) is 12.1 Å². The summed E-state index contributed by atoms with van der Waals surface area (Å²) in [5.41, 5.74) is 4.46. The zero-order valence-electron chi connectivity index (χ0n) is 17.8. The Bertz CT molecular complexity index is 693. The topological polar surface area (TPSA) is 40.5 Å². The van der Waals surface area contributed by atoms with E-state index < -0.39 is 0 Å². The summed E-state index contributed by atoms with van der Waals surface area (Å²) < 4.78 is 0. The van der Waals surface area contributed by atoms with E-state index in [-0.39, 0.29) is 17.3 Å². The van der Waals surface area contributed by atoms with Crippen molar-refractivity contribution < 1.29 is 10.2 Å². The molecule has 0 atom stereocenters. The van der Waals surface area contributed by atoms with Crippen LogP contribution in [0.4, 0.5) is 0 Å². The van der Waals surface area contributed by atoms with Crippen molar-refractivity contribution in [2.24, 2.45) is 0 Å². The molecule has 2 N–H and O–H groups in total. The van der Waals surface area contributed by atoms with Gasteiger partial charge in [0.05, 0.1) is 0 Å². The van der Waals surface area contributed by atoms with Crippen LogP contribution in [0.3, 0.4) is 0 Å². The maximum atomic E-state index is 10.3. The quantitative estimate of drug-likeness (QED) is 0.516. The normalized spacial score (nSPS) is 12.1. The lowest BCUT2D eigenvalue weighted by atomic mass is 9.67. The molecule has 0 unspecified atom stereocenters. The third kappa shape index (κ3) is 4.31. The van der Waals surface area contributed by atoms with Crippen LogP contribution in [0, 0.1) is 0 Å². The molecule has 0 fully saturated rings. The maximum absolute atomic E-state index is 10.3. The molecule has 0 aliphatic carbocycles. The number of rotatable bonds is 8. The zero-order chi connectivity index (χ0) is 20.2. The lowest BCUT2D eigenvalue weighted by Crippen LogP contribution is -2.28.